The topological polar surface area (TPSA) is 48.7 Å². The first kappa shape index (κ1) is 14.2. The van der Waals surface area contributed by atoms with Crippen LogP contribution in [0.15, 0.2) is 40.8 Å². The van der Waals surface area contributed by atoms with Crippen LogP contribution >= 0.6 is 0 Å². The molecule has 0 spiro atoms. The molecule has 0 atom stereocenters. The second kappa shape index (κ2) is 6.29. The first-order valence-corrected chi connectivity index (χ1v) is 5.77. The summed E-state index contributed by atoms with van der Waals surface area (Å²) in [6, 6.07) is 8.60. The molecule has 0 aliphatic rings. The van der Waals surface area contributed by atoms with Crippen molar-refractivity contribution in [2.45, 2.75) is 13.2 Å². The zero-order chi connectivity index (χ0) is 14.5. The number of halogens is 2. The van der Waals surface area contributed by atoms with E-state index < -0.39 is 6.61 Å². The highest BCUT2D eigenvalue weighted by molar-refractivity contribution is 6.07. The number of ketones is 1. The Hall–Kier alpha value is -2.21. The molecule has 0 aliphatic carbocycles. The van der Waals surface area contributed by atoms with Crippen molar-refractivity contribution in [1.29, 1.82) is 0 Å². The molecule has 0 bridgehead atoms. The minimum absolute atomic E-state index is 0.00364. The Labute approximate surface area is 113 Å². The van der Waals surface area contributed by atoms with Crippen LogP contribution in [0.5, 0.6) is 5.75 Å². The van der Waals surface area contributed by atoms with Gasteiger partial charge in [-0.05, 0) is 36.4 Å². The van der Waals surface area contributed by atoms with Crippen molar-refractivity contribution in [3.05, 3.63) is 53.5 Å². The van der Waals surface area contributed by atoms with E-state index in [2.05, 4.69) is 4.74 Å². The summed E-state index contributed by atoms with van der Waals surface area (Å²) in [4.78, 5) is 12.1. The van der Waals surface area contributed by atoms with Crippen LogP contribution in [0.1, 0.15) is 21.9 Å². The fourth-order valence-corrected chi connectivity index (χ4v) is 1.65. The van der Waals surface area contributed by atoms with E-state index in [0.29, 0.717) is 11.3 Å². The van der Waals surface area contributed by atoms with Crippen LogP contribution in [0.3, 0.4) is 0 Å². The Morgan fingerprint density at radius 3 is 2.50 bits per heavy atom. The van der Waals surface area contributed by atoms with E-state index >= 15 is 0 Å². The van der Waals surface area contributed by atoms with Gasteiger partial charge in [-0.3, -0.25) is 4.79 Å². The quantitative estimate of drug-likeness (QED) is 0.763. The van der Waals surface area contributed by atoms with Gasteiger partial charge in [-0.1, -0.05) is 0 Å². The lowest BCUT2D eigenvalue weighted by atomic mass is 10.1. The van der Waals surface area contributed by atoms with Gasteiger partial charge in [0, 0.05) is 12.7 Å². The monoisotopic (exact) mass is 282 g/mol. The van der Waals surface area contributed by atoms with Gasteiger partial charge >= 0.3 is 6.61 Å². The molecule has 0 saturated carbocycles. The van der Waals surface area contributed by atoms with E-state index in [9.17, 15) is 13.6 Å². The first-order chi connectivity index (χ1) is 9.60. The predicted octanol–water partition coefficient (Wildman–Crippen LogP) is 3.26. The van der Waals surface area contributed by atoms with Gasteiger partial charge in [0.05, 0.1) is 0 Å². The van der Waals surface area contributed by atoms with Gasteiger partial charge in [-0.25, -0.2) is 0 Å². The molecule has 2 rings (SSSR count). The molecule has 4 nitrogen and oxygen atoms in total. The molecular formula is C14H12F2O4. The second-order valence-electron chi connectivity index (χ2n) is 3.93. The van der Waals surface area contributed by atoms with Crippen molar-refractivity contribution < 1.29 is 27.5 Å². The third-order valence-corrected chi connectivity index (χ3v) is 2.51. The van der Waals surface area contributed by atoms with Crippen LogP contribution in [0.2, 0.25) is 0 Å². The number of benzene rings is 1. The van der Waals surface area contributed by atoms with Crippen LogP contribution in [-0.2, 0) is 11.3 Å². The standard InChI is InChI=1S/C14H12F2O4/c1-18-8-11-6-7-12(19-11)13(17)9-2-4-10(5-3-9)20-14(15)16/h2-7,14H,8H2,1H3. The van der Waals surface area contributed by atoms with Crippen molar-refractivity contribution in [2.75, 3.05) is 7.11 Å². The van der Waals surface area contributed by atoms with Gasteiger partial charge < -0.3 is 13.9 Å². The minimum Gasteiger partial charge on any atom is -0.455 e. The highest BCUT2D eigenvalue weighted by Gasteiger charge is 2.14. The molecule has 0 fully saturated rings. The summed E-state index contributed by atoms with van der Waals surface area (Å²) in [6.07, 6.45) is 0. The number of hydrogen-bond acceptors (Lipinski definition) is 4. The third kappa shape index (κ3) is 3.42. The molecular weight excluding hydrogens is 270 g/mol. The summed E-state index contributed by atoms with van der Waals surface area (Å²) in [5, 5.41) is 0. The molecule has 0 saturated heterocycles. The number of carbonyl (C=O) groups excluding carboxylic acids is 1. The molecule has 106 valence electrons. The maximum atomic E-state index is 12.1. The van der Waals surface area contributed by atoms with Crippen LogP contribution in [0, 0.1) is 0 Å². The first-order valence-electron chi connectivity index (χ1n) is 5.77. The van der Waals surface area contributed by atoms with E-state index in [1.165, 1.54) is 31.4 Å². The normalized spacial score (nSPS) is 10.8. The number of methoxy groups -OCH3 is 1. The summed E-state index contributed by atoms with van der Waals surface area (Å²) in [5.74, 6) is 0.361. The average molecular weight is 282 g/mol. The largest absolute Gasteiger partial charge is 0.455 e. The Morgan fingerprint density at radius 1 is 1.20 bits per heavy atom. The molecule has 2 aromatic rings. The Balaban J connectivity index is 2.11. The average Bonchev–Trinajstić information content (AvgIpc) is 2.87. The SMILES string of the molecule is COCc1ccc(C(=O)c2ccc(OC(F)F)cc2)o1. The fourth-order valence-electron chi connectivity index (χ4n) is 1.65. The summed E-state index contributed by atoms with van der Waals surface area (Å²) in [7, 11) is 1.52. The molecule has 1 aromatic carbocycles. The van der Waals surface area contributed by atoms with E-state index in [0.717, 1.165) is 0 Å². The zero-order valence-corrected chi connectivity index (χ0v) is 10.6. The lowest BCUT2D eigenvalue weighted by Gasteiger charge is -2.04. The third-order valence-electron chi connectivity index (χ3n) is 2.51. The highest BCUT2D eigenvalue weighted by atomic mass is 19.3. The Bertz CT molecular complexity index is 575. The van der Waals surface area contributed by atoms with Gasteiger partial charge in [0.2, 0.25) is 5.78 Å². The molecule has 0 unspecified atom stereocenters. The van der Waals surface area contributed by atoms with E-state index in [4.69, 9.17) is 9.15 Å². The van der Waals surface area contributed by atoms with Crippen molar-refractivity contribution in [2.24, 2.45) is 0 Å². The number of hydrogen-bond donors (Lipinski definition) is 0. The zero-order valence-electron chi connectivity index (χ0n) is 10.6. The van der Waals surface area contributed by atoms with Crippen LogP contribution in [0.25, 0.3) is 0 Å². The molecule has 0 N–H and O–H groups in total. The number of furan rings is 1. The fraction of sp³-hybridized carbons (Fsp3) is 0.214. The van der Waals surface area contributed by atoms with Crippen molar-refractivity contribution >= 4 is 5.78 Å². The molecule has 0 aliphatic heterocycles. The highest BCUT2D eigenvalue weighted by Crippen LogP contribution is 2.18. The molecule has 1 heterocycles. The van der Waals surface area contributed by atoms with Crippen molar-refractivity contribution in [3.8, 4) is 5.75 Å². The van der Waals surface area contributed by atoms with Crippen molar-refractivity contribution in [1.82, 2.24) is 0 Å². The van der Waals surface area contributed by atoms with Gasteiger partial charge in [0.15, 0.2) is 5.76 Å². The second-order valence-corrected chi connectivity index (χ2v) is 3.93. The van der Waals surface area contributed by atoms with Gasteiger partial charge in [-0.15, -0.1) is 0 Å². The number of carbonyl (C=O) groups is 1. The summed E-state index contributed by atoms with van der Waals surface area (Å²) < 4.78 is 38.4. The summed E-state index contributed by atoms with van der Waals surface area (Å²) >= 11 is 0. The van der Waals surface area contributed by atoms with Crippen LogP contribution < -0.4 is 4.74 Å². The van der Waals surface area contributed by atoms with E-state index in [1.54, 1.807) is 12.1 Å². The van der Waals surface area contributed by atoms with Crippen LogP contribution in [-0.4, -0.2) is 19.5 Å². The molecule has 0 radical (unpaired) electrons. The van der Waals surface area contributed by atoms with Gasteiger partial charge in [0.25, 0.3) is 0 Å². The predicted molar refractivity (Wildman–Crippen MR) is 65.9 cm³/mol. The van der Waals surface area contributed by atoms with Gasteiger partial charge in [0.1, 0.15) is 18.1 Å². The number of rotatable bonds is 6. The Morgan fingerprint density at radius 2 is 1.90 bits per heavy atom. The van der Waals surface area contributed by atoms with E-state index in [-0.39, 0.29) is 23.9 Å². The maximum Gasteiger partial charge on any atom is 0.387 e. The molecule has 6 heteroatoms. The lowest BCUT2D eigenvalue weighted by Crippen LogP contribution is -2.03. The lowest BCUT2D eigenvalue weighted by molar-refractivity contribution is -0.0498. The molecule has 20 heavy (non-hydrogen) atoms. The molecule has 0 amide bonds. The Kier molecular flexibility index (Phi) is 4.47. The number of alkyl halides is 2. The molecule has 1 aromatic heterocycles. The van der Waals surface area contributed by atoms with Gasteiger partial charge in [-0.2, -0.15) is 8.78 Å². The minimum atomic E-state index is -2.89. The number of ether oxygens (including phenoxy) is 2. The summed E-state index contributed by atoms with van der Waals surface area (Å²) in [6.45, 7) is -2.62. The van der Waals surface area contributed by atoms with Crippen molar-refractivity contribution in [3.63, 3.8) is 0 Å². The smallest absolute Gasteiger partial charge is 0.387 e. The van der Waals surface area contributed by atoms with E-state index in [1.807, 2.05) is 0 Å². The van der Waals surface area contributed by atoms with Crippen LogP contribution in [0.4, 0.5) is 8.78 Å². The summed E-state index contributed by atoms with van der Waals surface area (Å²) in [5.41, 5.74) is 0.324. The maximum absolute atomic E-state index is 12.1.